The molecule has 1 aliphatic rings. The number of amides is 1. The Morgan fingerprint density at radius 2 is 1.88 bits per heavy atom. The lowest BCUT2D eigenvalue weighted by molar-refractivity contribution is -0.385. The molecule has 1 aliphatic heterocycles. The Morgan fingerprint density at radius 3 is 2.56 bits per heavy atom. The normalized spacial score (nSPS) is 16.2. The fourth-order valence-corrected chi connectivity index (χ4v) is 3.50. The van der Waals surface area contributed by atoms with Crippen molar-refractivity contribution < 1.29 is 14.5 Å². The maximum Gasteiger partial charge on any atom is 0.282 e. The number of ether oxygens (including phenoxy) is 1. The predicted molar refractivity (Wildman–Crippen MR) is 96.4 cm³/mol. The number of para-hydroxylation sites is 1. The molecule has 0 bridgehead atoms. The van der Waals surface area contributed by atoms with E-state index in [1.165, 1.54) is 12.1 Å². The Labute approximate surface area is 153 Å². The van der Waals surface area contributed by atoms with Crippen LogP contribution in [0.25, 0.3) is 0 Å². The number of nitrogens with zero attached hydrogens (tertiary/aromatic N) is 1. The summed E-state index contributed by atoms with van der Waals surface area (Å²) < 4.78 is 6.37. The summed E-state index contributed by atoms with van der Waals surface area (Å²) in [6.07, 6.45) is 1.21. The van der Waals surface area contributed by atoms with E-state index >= 15 is 0 Å². The summed E-state index contributed by atoms with van der Waals surface area (Å²) in [5, 5.41) is 14.3. The Kier molecular flexibility index (Phi) is 5.15. The third kappa shape index (κ3) is 3.72. The smallest absolute Gasteiger partial charge is 0.282 e. The van der Waals surface area contributed by atoms with Gasteiger partial charge in [0.15, 0.2) is 0 Å². The molecule has 1 fully saturated rings. The summed E-state index contributed by atoms with van der Waals surface area (Å²) in [6, 6.07) is 13.7. The molecule has 2 aromatic rings. The Hall–Kier alpha value is -2.25. The first-order chi connectivity index (χ1) is 12.0. The van der Waals surface area contributed by atoms with Gasteiger partial charge in [0.2, 0.25) is 0 Å². The van der Waals surface area contributed by atoms with E-state index in [2.05, 4.69) is 21.2 Å². The summed E-state index contributed by atoms with van der Waals surface area (Å²) in [6.45, 7) is 1.04. The number of hydrogen-bond acceptors (Lipinski definition) is 4. The summed E-state index contributed by atoms with van der Waals surface area (Å²) in [5.74, 6) is -0.450. The van der Waals surface area contributed by atoms with Crippen LogP contribution in [0.3, 0.4) is 0 Å². The van der Waals surface area contributed by atoms with Crippen LogP contribution in [-0.2, 0) is 10.3 Å². The van der Waals surface area contributed by atoms with Crippen LogP contribution in [0, 0.1) is 10.1 Å². The minimum absolute atomic E-state index is 0.0633. The third-order valence-corrected chi connectivity index (χ3v) is 4.91. The standard InChI is InChI=1S/C18H17BrN2O4/c19-14-5-3-4-13(12-14)18(8-10-25-11-9-18)20-17(22)15-6-1-2-7-16(15)21(23)24/h1-7,12H,8-11H2,(H,20,22). The highest BCUT2D eigenvalue weighted by Gasteiger charge is 2.37. The zero-order valence-corrected chi connectivity index (χ0v) is 15.0. The van der Waals surface area contributed by atoms with Crippen molar-refractivity contribution in [1.29, 1.82) is 0 Å². The van der Waals surface area contributed by atoms with Crippen molar-refractivity contribution in [2.24, 2.45) is 0 Å². The van der Waals surface area contributed by atoms with Crippen LogP contribution in [0.15, 0.2) is 53.0 Å². The van der Waals surface area contributed by atoms with Gasteiger partial charge in [-0.2, -0.15) is 0 Å². The fourth-order valence-electron chi connectivity index (χ4n) is 3.10. The number of carbonyl (C=O) groups excluding carboxylic acids is 1. The number of hydrogen-bond donors (Lipinski definition) is 1. The van der Waals surface area contributed by atoms with E-state index < -0.39 is 16.4 Å². The van der Waals surface area contributed by atoms with E-state index in [-0.39, 0.29) is 11.3 Å². The highest BCUT2D eigenvalue weighted by atomic mass is 79.9. The van der Waals surface area contributed by atoms with Gasteiger partial charge in [0.25, 0.3) is 11.6 Å². The van der Waals surface area contributed by atoms with Crippen molar-refractivity contribution >= 4 is 27.5 Å². The number of nitro groups is 1. The molecule has 0 radical (unpaired) electrons. The van der Waals surface area contributed by atoms with Gasteiger partial charge in [-0.25, -0.2) is 0 Å². The van der Waals surface area contributed by atoms with Gasteiger partial charge in [0.05, 0.1) is 10.5 Å². The van der Waals surface area contributed by atoms with Gasteiger partial charge in [-0.3, -0.25) is 14.9 Å². The Balaban J connectivity index is 1.96. The van der Waals surface area contributed by atoms with E-state index in [1.54, 1.807) is 12.1 Å². The highest BCUT2D eigenvalue weighted by molar-refractivity contribution is 9.10. The topological polar surface area (TPSA) is 81.5 Å². The molecule has 1 heterocycles. The van der Waals surface area contributed by atoms with Crippen LogP contribution in [0.2, 0.25) is 0 Å². The minimum atomic E-state index is -0.608. The van der Waals surface area contributed by atoms with Gasteiger partial charge in [-0.15, -0.1) is 0 Å². The summed E-state index contributed by atoms with van der Waals surface area (Å²) in [4.78, 5) is 23.5. The lowest BCUT2D eigenvalue weighted by Gasteiger charge is -2.38. The first-order valence-corrected chi connectivity index (χ1v) is 8.71. The molecular formula is C18H17BrN2O4. The molecular weight excluding hydrogens is 388 g/mol. The van der Waals surface area contributed by atoms with E-state index in [0.29, 0.717) is 26.1 Å². The molecule has 0 aliphatic carbocycles. The number of rotatable bonds is 4. The zero-order valence-electron chi connectivity index (χ0n) is 13.4. The lowest BCUT2D eigenvalue weighted by atomic mass is 9.82. The third-order valence-electron chi connectivity index (χ3n) is 4.42. The molecule has 0 atom stereocenters. The van der Waals surface area contributed by atoms with Crippen molar-refractivity contribution in [3.63, 3.8) is 0 Å². The molecule has 1 amide bonds. The van der Waals surface area contributed by atoms with Gasteiger partial charge in [0.1, 0.15) is 5.56 Å². The molecule has 0 aromatic heterocycles. The van der Waals surface area contributed by atoms with Gasteiger partial charge in [0, 0.05) is 23.8 Å². The predicted octanol–water partition coefficient (Wildman–Crippen LogP) is 3.79. The second-order valence-corrected chi connectivity index (χ2v) is 6.85. The Morgan fingerprint density at radius 1 is 1.16 bits per heavy atom. The molecule has 6 nitrogen and oxygen atoms in total. The maximum atomic E-state index is 12.8. The molecule has 3 rings (SSSR count). The Bertz CT molecular complexity index is 803. The van der Waals surface area contributed by atoms with E-state index in [1.807, 2.05) is 24.3 Å². The molecule has 130 valence electrons. The number of halogens is 1. The van der Waals surface area contributed by atoms with E-state index in [0.717, 1.165) is 10.0 Å². The fraction of sp³-hybridized carbons (Fsp3) is 0.278. The first-order valence-electron chi connectivity index (χ1n) is 7.92. The van der Waals surface area contributed by atoms with Gasteiger partial charge in [-0.1, -0.05) is 40.2 Å². The van der Waals surface area contributed by atoms with Gasteiger partial charge < -0.3 is 10.1 Å². The molecule has 0 unspecified atom stereocenters. The van der Waals surface area contributed by atoms with Crippen LogP contribution in [-0.4, -0.2) is 24.0 Å². The SMILES string of the molecule is O=C(NC1(c2cccc(Br)c2)CCOCC1)c1ccccc1[N+](=O)[O-]. The first kappa shape index (κ1) is 17.6. The number of carbonyl (C=O) groups is 1. The highest BCUT2D eigenvalue weighted by Crippen LogP contribution is 2.34. The molecule has 1 N–H and O–H groups in total. The molecule has 25 heavy (non-hydrogen) atoms. The molecule has 7 heteroatoms. The van der Waals surface area contributed by atoms with Crippen LogP contribution in [0.4, 0.5) is 5.69 Å². The van der Waals surface area contributed by atoms with Crippen molar-refractivity contribution in [2.75, 3.05) is 13.2 Å². The second-order valence-electron chi connectivity index (χ2n) is 5.93. The lowest BCUT2D eigenvalue weighted by Crippen LogP contribution is -2.49. The quantitative estimate of drug-likeness (QED) is 0.620. The molecule has 1 saturated heterocycles. The summed E-state index contributed by atoms with van der Waals surface area (Å²) in [7, 11) is 0. The van der Waals surface area contributed by atoms with Crippen molar-refractivity contribution in [2.45, 2.75) is 18.4 Å². The van der Waals surface area contributed by atoms with Gasteiger partial charge in [-0.05, 0) is 36.6 Å². The van der Waals surface area contributed by atoms with E-state index in [9.17, 15) is 14.9 Å². The van der Waals surface area contributed by atoms with Crippen LogP contribution in [0.1, 0.15) is 28.8 Å². The second kappa shape index (κ2) is 7.33. The summed E-state index contributed by atoms with van der Waals surface area (Å²) >= 11 is 3.46. The van der Waals surface area contributed by atoms with Crippen LogP contribution < -0.4 is 5.32 Å². The zero-order chi connectivity index (χ0) is 17.9. The average Bonchev–Trinajstić information content (AvgIpc) is 2.62. The van der Waals surface area contributed by atoms with Crippen LogP contribution >= 0.6 is 15.9 Å². The largest absolute Gasteiger partial charge is 0.381 e. The summed E-state index contributed by atoms with van der Waals surface area (Å²) in [5.41, 5.74) is 0.213. The van der Waals surface area contributed by atoms with Gasteiger partial charge >= 0.3 is 0 Å². The van der Waals surface area contributed by atoms with E-state index in [4.69, 9.17) is 4.74 Å². The maximum absolute atomic E-state index is 12.8. The van der Waals surface area contributed by atoms with Crippen molar-refractivity contribution in [3.8, 4) is 0 Å². The molecule has 2 aromatic carbocycles. The number of benzene rings is 2. The van der Waals surface area contributed by atoms with Crippen LogP contribution in [0.5, 0.6) is 0 Å². The monoisotopic (exact) mass is 404 g/mol. The number of nitrogens with one attached hydrogen (secondary N) is 1. The minimum Gasteiger partial charge on any atom is -0.381 e. The number of nitro benzene ring substituents is 1. The molecule has 0 saturated carbocycles. The van der Waals surface area contributed by atoms with Crippen molar-refractivity contribution in [3.05, 3.63) is 74.2 Å². The molecule has 0 spiro atoms. The van der Waals surface area contributed by atoms with Crippen molar-refractivity contribution in [1.82, 2.24) is 5.32 Å². The average molecular weight is 405 g/mol.